The summed E-state index contributed by atoms with van der Waals surface area (Å²) < 4.78 is 10.4. The molecule has 1 aromatic rings. The van der Waals surface area contributed by atoms with E-state index in [4.69, 9.17) is 9.47 Å². The molecule has 1 heterocycles. The molecule has 0 saturated carbocycles. The number of ether oxygens (including phenoxy) is 2. The number of hydrogen-bond donors (Lipinski definition) is 2. The highest BCUT2D eigenvalue weighted by Gasteiger charge is 2.04. The van der Waals surface area contributed by atoms with E-state index in [2.05, 4.69) is 5.32 Å². The molecule has 0 aliphatic rings. The molecule has 0 aromatic carbocycles. The van der Waals surface area contributed by atoms with Gasteiger partial charge in [-0.15, -0.1) is 11.3 Å². The van der Waals surface area contributed by atoms with E-state index in [1.165, 1.54) is 4.88 Å². The molecule has 0 amide bonds. The van der Waals surface area contributed by atoms with Crippen LogP contribution in [0, 0.1) is 0 Å². The first-order valence-electron chi connectivity index (χ1n) is 6.80. The summed E-state index contributed by atoms with van der Waals surface area (Å²) in [6, 6.07) is 4.04. The predicted molar refractivity (Wildman–Crippen MR) is 78.6 cm³/mol. The summed E-state index contributed by atoms with van der Waals surface area (Å²) >= 11 is 1.67. The first-order chi connectivity index (χ1) is 9.33. The van der Waals surface area contributed by atoms with Crippen LogP contribution in [0.1, 0.15) is 24.1 Å². The van der Waals surface area contributed by atoms with Crippen molar-refractivity contribution < 1.29 is 14.6 Å². The van der Waals surface area contributed by atoms with E-state index in [1.54, 1.807) is 18.4 Å². The Bertz CT molecular complexity index is 293. The Morgan fingerprint density at radius 3 is 3.00 bits per heavy atom. The molecule has 1 atom stereocenters. The largest absolute Gasteiger partial charge is 0.389 e. The zero-order valence-electron chi connectivity index (χ0n) is 11.6. The molecule has 19 heavy (non-hydrogen) atoms. The molecule has 0 aliphatic heterocycles. The lowest BCUT2D eigenvalue weighted by molar-refractivity contribution is 0.0299. The van der Waals surface area contributed by atoms with Crippen LogP contribution in [-0.2, 0) is 16.1 Å². The molecule has 4 nitrogen and oxygen atoms in total. The molecule has 2 N–H and O–H groups in total. The fourth-order valence-electron chi connectivity index (χ4n) is 1.69. The average Bonchev–Trinajstić information content (AvgIpc) is 2.91. The van der Waals surface area contributed by atoms with Gasteiger partial charge in [0.15, 0.2) is 0 Å². The smallest absolute Gasteiger partial charge is 0.0897 e. The second kappa shape index (κ2) is 11.4. The first kappa shape index (κ1) is 16.6. The summed E-state index contributed by atoms with van der Waals surface area (Å²) in [5, 5.41) is 15.0. The van der Waals surface area contributed by atoms with E-state index in [0.717, 1.165) is 32.4 Å². The number of aliphatic hydroxyl groups is 1. The molecule has 110 valence electrons. The molecule has 0 bridgehead atoms. The van der Waals surface area contributed by atoms with Crippen molar-refractivity contribution in [3.8, 4) is 0 Å². The summed E-state index contributed by atoms with van der Waals surface area (Å²) in [4.78, 5) is 1.19. The van der Waals surface area contributed by atoms with Crippen molar-refractivity contribution >= 4 is 11.3 Å². The molecule has 5 heteroatoms. The van der Waals surface area contributed by atoms with Gasteiger partial charge in [-0.2, -0.15) is 0 Å². The first-order valence-corrected chi connectivity index (χ1v) is 7.68. The molecular weight excluding hydrogens is 262 g/mol. The lowest BCUT2D eigenvalue weighted by Gasteiger charge is -2.12. The Hall–Kier alpha value is -0.460. The number of thiophene rings is 1. The molecule has 1 unspecified atom stereocenters. The highest BCUT2D eigenvalue weighted by molar-refractivity contribution is 7.09. The highest BCUT2D eigenvalue weighted by atomic mass is 32.1. The minimum Gasteiger partial charge on any atom is -0.389 e. The average molecular weight is 287 g/mol. The Balaban J connectivity index is 1.86. The lowest BCUT2D eigenvalue weighted by atomic mass is 10.2. The third kappa shape index (κ3) is 9.13. The molecule has 0 aliphatic carbocycles. The quantitative estimate of drug-likeness (QED) is 0.578. The van der Waals surface area contributed by atoms with Crippen LogP contribution in [0.2, 0.25) is 0 Å². The van der Waals surface area contributed by atoms with Gasteiger partial charge in [0.1, 0.15) is 0 Å². The molecule has 1 aromatic heterocycles. The molecule has 0 spiro atoms. The van der Waals surface area contributed by atoms with Crippen LogP contribution in [0.3, 0.4) is 0 Å². The highest BCUT2D eigenvalue weighted by Crippen LogP contribution is 2.09. The standard InChI is InChI=1S/C14H25NO3S/c1-17-8-4-2-3-7-15-10-13(16)11-18-12-14-6-5-9-19-14/h5-6,9,13,15-16H,2-4,7-8,10-12H2,1H3. The van der Waals surface area contributed by atoms with Crippen LogP contribution in [0.5, 0.6) is 0 Å². The summed E-state index contributed by atoms with van der Waals surface area (Å²) in [5.41, 5.74) is 0. The monoisotopic (exact) mass is 287 g/mol. The fraction of sp³-hybridized carbons (Fsp3) is 0.714. The molecule has 1 rings (SSSR count). The second-order valence-corrected chi connectivity index (χ2v) is 5.54. The maximum atomic E-state index is 9.71. The van der Waals surface area contributed by atoms with Crippen molar-refractivity contribution in [1.29, 1.82) is 0 Å². The third-order valence-corrected chi connectivity index (χ3v) is 3.57. The van der Waals surface area contributed by atoms with Gasteiger partial charge in [-0.3, -0.25) is 0 Å². The fourth-order valence-corrected chi connectivity index (χ4v) is 2.33. The van der Waals surface area contributed by atoms with Gasteiger partial charge in [-0.1, -0.05) is 6.07 Å². The van der Waals surface area contributed by atoms with Crippen LogP contribution < -0.4 is 5.32 Å². The summed E-state index contributed by atoms with van der Waals surface area (Å²) in [6.07, 6.45) is 2.95. The minimum absolute atomic E-state index is 0.384. The summed E-state index contributed by atoms with van der Waals surface area (Å²) in [6.45, 7) is 3.33. The van der Waals surface area contributed by atoms with Gasteiger partial charge >= 0.3 is 0 Å². The van der Waals surface area contributed by atoms with E-state index in [9.17, 15) is 5.11 Å². The van der Waals surface area contributed by atoms with Gasteiger partial charge in [-0.25, -0.2) is 0 Å². The van der Waals surface area contributed by atoms with Crippen molar-refractivity contribution in [2.24, 2.45) is 0 Å². The maximum Gasteiger partial charge on any atom is 0.0897 e. The summed E-state index contributed by atoms with van der Waals surface area (Å²) in [5.74, 6) is 0. The molecule has 0 radical (unpaired) electrons. The number of rotatable bonds is 12. The zero-order chi connectivity index (χ0) is 13.8. The topological polar surface area (TPSA) is 50.7 Å². The van der Waals surface area contributed by atoms with E-state index >= 15 is 0 Å². The molecule has 0 fully saturated rings. The SMILES string of the molecule is COCCCCCNCC(O)COCc1cccs1. The van der Waals surface area contributed by atoms with E-state index in [1.807, 2.05) is 17.5 Å². The Kier molecular flexibility index (Phi) is 9.93. The number of hydrogen-bond acceptors (Lipinski definition) is 5. The van der Waals surface area contributed by atoms with Gasteiger partial charge in [-0.05, 0) is 37.3 Å². The Labute approximate surface area is 119 Å². The second-order valence-electron chi connectivity index (χ2n) is 4.51. The van der Waals surface area contributed by atoms with Crippen molar-refractivity contribution in [2.45, 2.75) is 32.0 Å². The lowest BCUT2D eigenvalue weighted by Crippen LogP contribution is -2.31. The van der Waals surface area contributed by atoms with Gasteiger partial charge in [0, 0.05) is 25.1 Å². The van der Waals surface area contributed by atoms with Crippen LogP contribution in [0.4, 0.5) is 0 Å². The van der Waals surface area contributed by atoms with E-state index in [0.29, 0.717) is 19.8 Å². The van der Waals surface area contributed by atoms with Gasteiger partial charge in [0.25, 0.3) is 0 Å². The van der Waals surface area contributed by atoms with Crippen molar-refractivity contribution in [2.75, 3.05) is 33.4 Å². The van der Waals surface area contributed by atoms with E-state index < -0.39 is 6.10 Å². The van der Waals surface area contributed by atoms with Gasteiger partial charge in [0.05, 0.1) is 19.3 Å². The minimum atomic E-state index is -0.432. The maximum absolute atomic E-state index is 9.71. The van der Waals surface area contributed by atoms with Crippen molar-refractivity contribution in [3.05, 3.63) is 22.4 Å². The zero-order valence-corrected chi connectivity index (χ0v) is 12.5. The summed E-state index contributed by atoms with van der Waals surface area (Å²) in [7, 11) is 1.73. The normalized spacial score (nSPS) is 12.7. The Morgan fingerprint density at radius 2 is 2.26 bits per heavy atom. The van der Waals surface area contributed by atoms with Gasteiger partial charge in [0.2, 0.25) is 0 Å². The molecule has 0 saturated heterocycles. The Morgan fingerprint density at radius 1 is 1.37 bits per heavy atom. The number of nitrogens with one attached hydrogen (secondary N) is 1. The number of unbranched alkanes of at least 4 members (excludes halogenated alkanes) is 2. The van der Waals surface area contributed by atoms with Crippen LogP contribution >= 0.6 is 11.3 Å². The van der Waals surface area contributed by atoms with Crippen LogP contribution in [0.15, 0.2) is 17.5 Å². The number of methoxy groups -OCH3 is 1. The van der Waals surface area contributed by atoms with E-state index in [-0.39, 0.29) is 0 Å². The number of aliphatic hydroxyl groups excluding tert-OH is 1. The van der Waals surface area contributed by atoms with Crippen LogP contribution in [-0.4, -0.2) is 44.6 Å². The molecular formula is C14H25NO3S. The van der Waals surface area contributed by atoms with Crippen molar-refractivity contribution in [3.63, 3.8) is 0 Å². The third-order valence-electron chi connectivity index (χ3n) is 2.72. The van der Waals surface area contributed by atoms with Crippen molar-refractivity contribution in [1.82, 2.24) is 5.32 Å². The van der Waals surface area contributed by atoms with Gasteiger partial charge < -0.3 is 19.9 Å². The predicted octanol–water partition coefficient (Wildman–Crippen LogP) is 2.03. The van der Waals surface area contributed by atoms with Crippen LogP contribution in [0.25, 0.3) is 0 Å².